The van der Waals surface area contributed by atoms with Crippen LogP contribution in [-0.4, -0.2) is 18.5 Å². The second kappa shape index (κ2) is 8.30. The van der Waals surface area contributed by atoms with Crippen molar-refractivity contribution in [3.8, 4) is 0 Å². The lowest BCUT2D eigenvalue weighted by atomic mass is 9.88. The van der Waals surface area contributed by atoms with Crippen molar-refractivity contribution in [2.24, 2.45) is 10.9 Å². The van der Waals surface area contributed by atoms with Crippen LogP contribution in [0.4, 0.5) is 0 Å². The molecule has 1 aromatic heterocycles. The number of hydrogen-bond acceptors (Lipinski definition) is 4. The molecule has 1 aliphatic rings. The minimum Gasteiger partial charge on any atom is -0.465 e. The van der Waals surface area contributed by atoms with Crippen LogP contribution >= 0.6 is 11.3 Å². The van der Waals surface area contributed by atoms with Gasteiger partial charge >= 0.3 is 0 Å². The first kappa shape index (κ1) is 17.7. The van der Waals surface area contributed by atoms with E-state index >= 15 is 0 Å². The Morgan fingerprint density at radius 2 is 2.16 bits per heavy atom. The third-order valence-electron chi connectivity index (χ3n) is 4.13. The van der Waals surface area contributed by atoms with Gasteiger partial charge in [-0.05, 0) is 47.8 Å². The number of fused-ring (bicyclic) bond motifs is 1. The Morgan fingerprint density at radius 3 is 2.92 bits per heavy atom. The van der Waals surface area contributed by atoms with E-state index in [0.717, 1.165) is 19.3 Å². The molecule has 25 heavy (non-hydrogen) atoms. The molecule has 1 aromatic carbocycles. The van der Waals surface area contributed by atoms with E-state index in [1.165, 1.54) is 22.5 Å². The molecule has 1 N–H and O–H groups in total. The Hall–Kier alpha value is -2.14. The van der Waals surface area contributed by atoms with Crippen LogP contribution in [-0.2, 0) is 11.2 Å². The number of benzene rings is 1. The Morgan fingerprint density at radius 1 is 1.32 bits per heavy atom. The van der Waals surface area contributed by atoms with Crippen LogP contribution in [0.2, 0.25) is 0 Å². The van der Waals surface area contributed by atoms with Gasteiger partial charge in [-0.1, -0.05) is 44.2 Å². The second-order valence-electron chi connectivity index (χ2n) is 6.68. The van der Waals surface area contributed by atoms with E-state index in [4.69, 9.17) is 9.73 Å². The molecule has 4 nitrogen and oxygen atoms in total. The maximum absolute atomic E-state index is 12.4. The number of aryl methyl sites for hydroxylation is 1. The van der Waals surface area contributed by atoms with Gasteiger partial charge in [-0.2, -0.15) is 0 Å². The van der Waals surface area contributed by atoms with Crippen molar-refractivity contribution in [2.75, 3.05) is 6.61 Å². The number of amidine groups is 1. The van der Waals surface area contributed by atoms with Crippen LogP contribution in [0.5, 0.6) is 0 Å². The zero-order valence-electron chi connectivity index (χ0n) is 14.7. The van der Waals surface area contributed by atoms with Gasteiger partial charge in [0.1, 0.15) is 0 Å². The molecule has 0 saturated heterocycles. The molecule has 5 heteroatoms. The van der Waals surface area contributed by atoms with E-state index in [9.17, 15) is 4.79 Å². The van der Waals surface area contributed by atoms with Crippen molar-refractivity contribution < 1.29 is 9.53 Å². The van der Waals surface area contributed by atoms with Gasteiger partial charge in [0.25, 0.3) is 11.9 Å². The molecule has 0 unspecified atom stereocenters. The molecular formula is C20H24N2O2S. The maximum Gasteiger partial charge on any atom is 0.292 e. The van der Waals surface area contributed by atoms with E-state index in [2.05, 4.69) is 37.4 Å². The summed E-state index contributed by atoms with van der Waals surface area (Å²) in [5, 5.41) is 4.74. The summed E-state index contributed by atoms with van der Waals surface area (Å²) in [6.45, 7) is 4.68. The molecule has 0 aliphatic heterocycles. The fourth-order valence-corrected chi connectivity index (χ4v) is 3.54. The monoisotopic (exact) mass is 356 g/mol. The van der Waals surface area contributed by atoms with E-state index < -0.39 is 0 Å². The van der Waals surface area contributed by atoms with Gasteiger partial charge in [0.05, 0.1) is 17.5 Å². The molecule has 0 fully saturated rings. The van der Waals surface area contributed by atoms with E-state index in [1.54, 1.807) is 6.07 Å². The highest BCUT2D eigenvalue weighted by molar-refractivity contribution is 7.12. The van der Waals surface area contributed by atoms with Gasteiger partial charge in [-0.3, -0.25) is 10.1 Å². The predicted octanol–water partition coefficient (Wildman–Crippen LogP) is 4.58. The highest BCUT2D eigenvalue weighted by Crippen LogP contribution is 2.32. The van der Waals surface area contributed by atoms with Crippen LogP contribution in [0.3, 0.4) is 0 Å². The predicted molar refractivity (Wildman–Crippen MR) is 102 cm³/mol. The molecule has 0 bridgehead atoms. The van der Waals surface area contributed by atoms with E-state index in [-0.39, 0.29) is 11.9 Å². The Balaban J connectivity index is 1.81. The van der Waals surface area contributed by atoms with Crippen molar-refractivity contribution in [1.82, 2.24) is 5.32 Å². The van der Waals surface area contributed by atoms with Crippen molar-refractivity contribution in [3.63, 3.8) is 0 Å². The third-order valence-corrected chi connectivity index (χ3v) is 5.00. The van der Waals surface area contributed by atoms with Crippen LogP contribution < -0.4 is 5.32 Å². The lowest BCUT2D eigenvalue weighted by molar-refractivity contribution is 0.0967. The van der Waals surface area contributed by atoms with Crippen molar-refractivity contribution in [1.29, 1.82) is 0 Å². The summed E-state index contributed by atoms with van der Waals surface area (Å²) in [6, 6.07) is 12.4. The number of nitrogens with zero attached hydrogens (tertiary/aromatic N) is 1. The zero-order valence-corrected chi connectivity index (χ0v) is 15.5. The summed E-state index contributed by atoms with van der Waals surface area (Å²) in [7, 11) is 0. The largest absolute Gasteiger partial charge is 0.465 e. The minimum absolute atomic E-state index is 0.0377. The summed E-state index contributed by atoms with van der Waals surface area (Å²) < 4.78 is 5.81. The Kier molecular flexibility index (Phi) is 5.87. The molecule has 1 heterocycles. The molecule has 0 radical (unpaired) electrons. The quantitative estimate of drug-likeness (QED) is 0.644. The van der Waals surface area contributed by atoms with Crippen molar-refractivity contribution in [2.45, 2.75) is 39.2 Å². The maximum atomic E-state index is 12.4. The number of thiophene rings is 1. The Labute approximate surface area is 152 Å². The van der Waals surface area contributed by atoms with Gasteiger partial charge in [-0.15, -0.1) is 11.3 Å². The summed E-state index contributed by atoms with van der Waals surface area (Å²) in [5.41, 5.74) is 2.58. The number of carbonyl (C=O) groups excluding carboxylic acids is 1. The topological polar surface area (TPSA) is 50.7 Å². The summed E-state index contributed by atoms with van der Waals surface area (Å²) >= 11 is 1.41. The number of amides is 1. The van der Waals surface area contributed by atoms with E-state index in [1.807, 2.05) is 17.5 Å². The van der Waals surface area contributed by atoms with Gasteiger partial charge in [-0.25, -0.2) is 4.99 Å². The SMILES string of the molecule is CC(C)COC(=N[C@@H]1CCCc2ccccc21)NC(=O)c1cccs1. The average Bonchev–Trinajstić information content (AvgIpc) is 3.14. The molecule has 1 aliphatic carbocycles. The number of hydrogen-bond donors (Lipinski definition) is 1. The average molecular weight is 356 g/mol. The molecule has 2 aromatic rings. The van der Waals surface area contributed by atoms with Crippen molar-refractivity contribution in [3.05, 3.63) is 57.8 Å². The molecule has 3 rings (SSSR count). The first-order chi connectivity index (χ1) is 12.1. The molecule has 0 spiro atoms. The molecule has 132 valence electrons. The lowest BCUT2D eigenvalue weighted by Gasteiger charge is -2.23. The molecule has 1 atom stereocenters. The van der Waals surface area contributed by atoms with Gasteiger partial charge in [0.15, 0.2) is 0 Å². The van der Waals surface area contributed by atoms with Crippen LogP contribution in [0.15, 0.2) is 46.8 Å². The normalized spacial score (nSPS) is 17.2. The van der Waals surface area contributed by atoms with Gasteiger partial charge < -0.3 is 4.74 Å². The number of carbonyl (C=O) groups is 1. The van der Waals surface area contributed by atoms with Crippen LogP contribution in [0.1, 0.15) is 53.5 Å². The number of rotatable bonds is 4. The smallest absolute Gasteiger partial charge is 0.292 e. The molecule has 1 amide bonds. The standard InChI is InChI=1S/C20H24N2O2S/c1-14(2)13-24-20(22-19(23)18-11-6-12-25-18)21-17-10-5-8-15-7-3-4-9-16(15)17/h3-4,6-7,9,11-12,14,17H,5,8,10,13H2,1-2H3,(H,21,22,23)/t17-/m1/s1. The summed E-state index contributed by atoms with van der Waals surface area (Å²) in [4.78, 5) is 17.8. The number of aliphatic imine (C=N–C) groups is 1. The molecular weight excluding hydrogens is 332 g/mol. The van der Waals surface area contributed by atoms with Gasteiger partial charge in [0, 0.05) is 0 Å². The first-order valence-electron chi connectivity index (χ1n) is 8.76. The fraction of sp³-hybridized carbons (Fsp3) is 0.400. The number of nitrogens with one attached hydrogen (secondary N) is 1. The van der Waals surface area contributed by atoms with Crippen molar-refractivity contribution >= 4 is 23.3 Å². The highest BCUT2D eigenvalue weighted by atomic mass is 32.1. The summed E-state index contributed by atoms with van der Waals surface area (Å²) in [6.07, 6.45) is 3.16. The first-order valence-corrected chi connectivity index (χ1v) is 9.64. The summed E-state index contributed by atoms with van der Waals surface area (Å²) in [5.74, 6) is 0.198. The lowest BCUT2D eigenvalue weighted by Crippen LogP contribution is -2.33. The zero-order chi connectivity index (χ0) is 17.6. The van der Waals surface area contributed by atoms with Gasteiger partial charge in [0.2, 0.25) is 0 Å². The van der Waals surface area contributed by atoms with Crippen LogP contribution in [0, 0.1) is 5.92 Å². The molecule has 0 saturated carbocycles. The second-order valence-corrected chi connectivity index (χ2v) is 7.63. The minimum atomic E-state index is -0.165. The Bertz CT molecular complexity index is 738. The highest BCUT2D eigenvalue weighted by Gasteiger charge is 2.21. The van der Waals surface area contributed by atoms with Crippen LogP contribution in [0.25, 0.3) is 0 Å². The fourth-order valence-electron chi connectivity index (χ4n) is 2.92. The number of ether oxygens (including phenoxy) is 1. The van der Waals surface area contributed by atoms with E-state index in [0.29, 0.717) is 23.4 Å². The third kappa shape index (κ3) is 4.69.